The van der Waals surface area contributed by atoms with Crippen LogP contribution in [0.15, 0.2) is 89.3 Å². The highest BCUT2D eigenvalue weighted by molar-refractivity contribution is 6.12. The van der Waals surface area contributed by atoms with Crippen LogP contribution in [0.5, 0.6) is 0 Å². The molecule has 0 radical (unpaired) electrons. The van der Waals surface area contributed by atoms with Crippen LogP contribution in [0.3, 0.4) is 0 Å². The van der Waals surface area contributed by atoms with Crippen LogP contribution in [0.2, 0.25) is 0 Å². The number of hydrogen-bond acceptors (Lipinski definition) is 1. The van der Waals surface area contributed by atoms with Crippen LogP contribution < -0.4 is 10.4 Å². The van der Waals surface area contributed by atoms with Crippen molar-refractivity contribution in [2.45, 2.75) is 27.7 Å². The number of para-hydroxylation sites is 1. The summed E-state index contributed by atoms with van der Waals surface area (Å²) in [5, 5.41) is 4.63. The van der Waals surface area contributed by atoms with Gasteiger partial charge < -0.3 is 4.58 Å². The van der Waals surface area contributed by atoms with Crippen LogP contribution in [0.25, 0.3) is 56.5 Å². The van der Waals surface area contributed by atoms with Gasteiger partial charge in [0.25, 0.3) is 5.58 Å². The van der Waals surface area contributed by atoms with Gasteiger partial charge in [-0.2, -0.15) is 0 Å². The molecule has 0 N–H and O–H groups in total. The lowest BCUT2D eigenvalue weighted by Gasteiger charge is -2.24. The fourth-order valence-corrected chi connectivity index (χ4v) is 6.19. The second-order valence-electron chi connectivity index (χ2n) is 10.9. The smallest absolute Gasteiger partial charge is 0.335 e. The summed E-state index contributed by atoms with van der Waals surface area (Å²) >= 11 is 0. The first-order valence-corrected chi connectivity index (χ1v) is 13.6. The summed E-state index contributed by atoms with van der Waals surface area (Å²) < 4.78 is 8.85. The molecule has 0 saturated carbocycles. The second kappa shape index (κ2) is 9.10. The first-order valence-electron chi connectivity index (χ1n) is 13.6. The third-order valence-corrected chi connectivity index (χ3v) is 7.90. The number of rotatable bonds is 3. The first kappa shape index (κ1) is 24.2. The van der Waals surface area contributed by atoms with E-state index in [1.807, 2.05) is 18.4 Å². The summed E-state index contributed by atoms with van der Waals surface area (Å²) in [4.78, 5) is 4.56. The van der Waals surface area contributed by atoms with Crippen molar-refractivity contribution in [3.8, 4) is 22.3 Å². The largest absolute Gasteiger partial charge is 0.352 e. The van der Waals surface area contributed by atoms with E-state index in [1.165, 1.54) is 27.5 Å². The standard InChI is InChI=1S/C37H30N2O/c1-22-16-23(2)35(33-20-27-10-6-7-11-29(27)21-39(33)5)37-34(22)32-15-9-14-31(36(32)40-37)28-13-8-12-26(19-28)30-17-24(3)38-25(4)18-30/h6-21H,5H2,1-4H3. The van der Waals surface area contributed by atoms with Crippen LogP contribution in [0, 0.1) is 33.7 Å². The summed E-state index contributed by atoms with van der Waals surface area (Å²) in [6.45, 7) is 12.8. The minimum Gasteiger partial charge on any atom is -0.335 e. The molecule has 3 heteroatoms. The third kappa shape index (κ3) is 3.85. The van der Waals surface area contributed by atoms with Crippen molar-refractivity contribution in [3.63, 3.8) is 0 Å². The summed E-state index contributed by atoms with van der Waals surface area (Å²) in [7, 11) is 0. The average molecular weight is 519 g/mol. The maximum Gasteiger partial charge on any atom is 0.352 e. The Labute approximate surface area is 234 Å². The number of aryl methyl sites for hydroxylation is 4. The predicted molar refractivity (Wildman–Crippen MR) is 166 cm³/mol. The molecule has 0 saturated heterocycles. The zero-order valence-electron chi connectivity index (χ0n) is 23.2. The number of benzene rings is 4. The first-order chi connectivity index (χ1) is 19.4. The highest BCUT2D eigenvalue weighted by atomic mass is 16.3. The number of aromatic nitrogens is 1. The number of furan rings is 1. The maximum absolute atomic E-state index is 6.88. The quantitative estimate of drug-likeness (QED) is 0.139. The molecule has 1 aliphatic rings. The molecular weight excluding hydrogens is 488 g/mol. The van der Waals surface area contributed by atoms with Crippen molar-refractivity contribution in [2.24, 2.45) is 0 Å². The van der Waals surface area contributed by atoms with Crippen molar-refractivity contribution in [1.29, 1.82) is 0 Å². The number of nitrogens with zero attached hydrogens (tertiary/aromatic N) is 2. The van der Waals surface area contributed by atoms with E-state index in [9.17, 15) is 0 Å². The Kier molecular flexibility index (Phi) is 5.50. The lowest BCUT2D eigenvalue weighted by atomic mass is 9.92. The molecule has 0 unspecified atom stereocenters. The van der Waals surface area contributed by atoms with Gasteiger partial charge in [-0.3, -0.25) is 9.40 Å². The molecule has 0 atom stereocenters. The van der Waals surface area contributed by atoms with Gasteiger partial charge in [-0.1, -0.05) is 66.2 Å². The Balaban J connectivity index is 1.45. The maximum atomic E-state index is 6.88. The van der Waals surface area contributed by atoms with E-state index in [1.54, 1.807) is 0 Å². The van der Waals surface area contributed by atoms with Gasteiger partial charge in [0, 0.05) is 23.5 Å². The Bertz CT molecular complexity index is 2110. The molecule has 3 heterocycles. The minimum atomic E-state index is 0.906. The Morgan fingerprint density at radius 3 is 2.25 bits per heavy atom. The van der Waals surface area contributed by atoms with E-state index in [4.69, 9.17) is 4.42 Å². The van der Waals surface area contributed by atoms with E-state index in [0.717, 1.165) is 61.3 Å². The molecule has 194 valence electrons. The Morgan fingerprint density at radius 2 is 1.45 bits per heavy atom. The van der Waals surface area contributed by atoms with Crippen molar-refractivity contribution < 1.29 is 8.99 Å². The van der Waals surface area contributed by atoms with Gasteiger partial charge in [0.1, 0.15) is 0 Å². The molecule has 0 spiro atoms. The highest BCUT2D eigenvalue weighted by Gasteiger charge is 2.27. The Morgan fingerprint density at radius 1 is 0.725 bits per heavy atom. The molecule has 2 aromatic heterocycles. The van der Waals surface area contributed by atoms with E-state index >= 15 is 0 Å². The van der Waals surface area contributed by atoms with Crippen molar-refractivity contribution >= 4 is 40.9 Å². The second-order valence-corrected chi connectivity index (χ2v) is 10.9. The summed E-state index contributed by atoms with van der Waals surface area (Å²) in [5.41, 5.74) is 11.9. The molecule has 3 nitrogen and oxygen atoms in total. The van der Waals surface area contributed by atoms with Crippen molar-refractivity contribution in [2.75, 3.05) is 0 Å². The molecule has 0 bridgehead atoms. The monoisotopic (exact) mass is 518 g/mol. The highest BCUT2D eigenvalue weighted by Crippen LogP contribution is 2.42. The van der Waals surface area contributed by atoms with Crippen LogP contribution in [0.1, 0.15) is 28.1 Å². The SMILES string of the molecule is C=[N+]1C=c2ccccc2=C[C-]1c1c(C)cc(C)c2c3cccc(-c4cccc(-c5cc(C)nc(C)c5)c4)c3[o+][c-]12. The van der Waals surface area contributed by atoms with E-state index < -0.39 is 0 Å². The minimum absolute atomic E-state index is 0.906. The van der Waals surface area contributed by atoms with Gasteiger partial charge in [0.15, 0.2) is 0 Å². The molecule has 6 aromatic rings. The summed E-state index contributed by atoms with van der Waals surface area (Å²) in [5.74, 6) is 0. The normalized spacial score (nSPS) is 12.9. The lowest BCUT2D eigenvalue weighted by Crippen LogP contribution is -2.33. The van der Waals surface area contributed by atoms with Gasteiger partial charge in [-0.15, -0.1) is 22.9 Å². The molecule has 4 aromatic carbocycles. The topological polar surface area (TPSA) is 27.2 Å². The predicted octanol–water partition coefficient (Wildman–Crippen LogP) is 7.37. The molecular formula is C37H30N2O. The van der Waals surface area contributed by atoms with Gasteiger partial charge in [0.05, 0.1) is 23.2 Å². The molecule has 7 rings (SSSR count). The van der Waals surface area contributed by atoms with Gasteiger partial charge in [-0.05, 0) is 73.4 Å². The fourth-order valence-electron chi connectivity index (χ4n) is 6.19. The van der Waals surface area contributed by atoms with E-state index in [0.29, 0.717) is 0 Å². The fraction of sp³-hybridized carbons (Fsp3) is 0.108. The zero-order chi connectivity index (χ0) is 27.5. The van der Waals surface area contributed by atoms with Gasteiger partial charge >= 0.3 is 5.58 Å². The summed E-state index contributed by atoms with van der Waals surface area (Å²) in [6.07, 6.45) is 4.31. The van der Waals surface area contributed by atoms with Crippen molar-refractivity contribution in [3.05, 3.63) is 129 Å². The zero-order valence-corrected chi connectivity index (χ0v) is 23.2. The molecule has 0 amide bonds. The van der Waals surface area contributed by atoms with Gasteiger partial charge in [0.2, 0.25) is 0 Å². The van der Waals surface area contributed by atoms with E-state index in [-0.39, 0.29) is 0 Å². The van der Waals surface area contributed by atoms with Crippen LogP contribution in [0.4, 0.5) is 0 Å². The van der Waals surface area contributed by atoms with Crippen LogP contribution >= 0.6 is 0 Å². The average Bonchev–Trinajstić information content (AvgIpc) is 3.33. The van der Waals surface area contributed by atoms with E-state index in [2.05, 4.69) is 123 Å². The van der Waals surface area contributed by atoms with Crippen molar-refractivity contribution in [1.82, 2.24) is 4.98 Å². The number of pyridine rings is 1. The lowest BCUT2D eigenvalue weighted by molar-refractivity contribution is -0.376. The molecule has 1 aliphatic heterocycles. The summed E-state index contributed by atoms with van der Waals surface area (Å²) in [6, 6.07) is 31.2. The van der Waals surface area contributed by atoms with Crippen LogP contribution in [-0.2, 0) is 0 Å². The third-order valence-electron chi connectivity index (χ3n) is 7.90. The number of fused-ring (bicyclic) bond motifs is 4. The molecule has 40 heavy (non-hydrogen) atoms. The van der Waals surface area contributed by atoms with Gasteiger partial charge in [-0.25, -0.2) is 0 Å². The van der Waals surface area contributed by atoms with Crippen LogP contribution in [-0.4, -0.2) is 16.3 Å². The molecule has 0 aliphatic carbocycles. The number of hydrogen-bond donors (Lipinski definition) is 0. The molecule has 0 fully saturated rings. The Hall–Kier alpha value is -4.89.